The zero-order valence-electron chi connectivity index (χ0n) is 11.0. The SMILES string of the molecule is N#Cc1ccc(CNC2CCCc3sccc32)c(Cl)c1. The summed E-state index contributed by atoms with van der Waals surface area (Å²) in [4.78, 5) is 1.51. The maximum Gasteiger partial charge on any atom is 0.0992 e. The van der Waals surface area contributed by atoms with E-state index in [1.165, 1.54) is 29.7 Å². The fourth-order valence-electron chi connectivity index (χ4n) is 2.69. The van der Waals surface area contributed by atoms with Crippen LogP contribution in [0.3, 0.4) is 0 Å². The van der Waals surface area contributed by atoms with Crippen LogP contribution in [0.1, 0.15) is 40.5 Å². The Balaban J connectivity index is 1.71. The van der Waals surface area contributed by atoms with Crippen LogP contribution in [0, 0.1) is 11.3 Å². The Morgan fingerprint density at radius 2 is 2.30 bits per heavy atom. The highest BCUT2D eigenvalue weighted by atomic mass is 35.5. The van der Waals surface area contributed by atoms with Gasteiger partial charge in [0, 0.05) is 22.5 Å². The molecule has 0 spiro atoms. The van der Waals surface area contributed by atoms with E-state index in [0.29, 0.717) is 16.6 Å². The van der Waals surface area contributed by atoms with Crippen LogP contribution in [0.4, 0.5) is 0 Å². The molecule has 3 rings (SSSR count). The van der Waals surface area contributed by atoms with Crippen LogP contribution in [0.2, 0.25) is 5.02 Å². The standard InChI is InChI=1S/C16H15ClN2S/c17-14-8-11(9-18)4-5-12(14)10-19-15-2-1-3-16-13(15)6-7-20-16/h4-8,15,19H,1-3,10H2. The molecule has 0 saturated heterocycles. The van der Waals surface area contributed by atoms with Gasteiger partial charge in [0.1, 0.15) is 0 Å². The maximum absolute atomic E-state index is 8.85. The van der Waals surface area contributed by atoms with Crippen molar-refractivity contribution in [2.24, 2.45) is 0 Å². The first-order valence-corrected chi connectivity index (χ1v) is 8.02. The van der Waals surface area contributed by atoms with Crippen molar-refractivity contribution in [3.05, 3.63) is 56.2 Å². The van der Waals surface area contributed by atoms with E-state index in [1.807, 2.05) is 23.5 Å². The molecule has 1 aromatic heterocycles. The number of benzene rings is 1. The predicted octanol–water partition coefficient (Wildman–Crippen LogP) is 4.44. The molecule has 0 radical (unpaired) electrons. The lowest BCUT2D eigenvalue weighted by Crippen LogP contribution is -2.24. The molecule has 2 aromatic rings. The summed E-state index contributed by atoms with van der Waals surface area (Å²) >= 11 is 8.07. The lowest BCUT2D eigenvalue weighted by molar-refractivity contribution is 0.463. The van der Waals surface area contributed by atoms with Crippen LogP contribution in [0.15, 0.2) is 29.6 Å². The van der Waals surface area contributed by atoms with Gasteiger partial charge in [0.2, 0.25) is 0 Å². The van der Waals surface area contributed by atoms with Crippen LogP contribution < -0.4 is 5.32 Å². The van der Waals surface area contributed by atoms with E-state index in [4.69, 9.17) is 16.9 Å². The molecule has 1 unspecified atom stereocenters. The highest BCUT2D eigenvalue weighted by Crippen LogP contribution is 2.33. The molecule has 1 aliphatic carbocycles. The van der Waals surface area contributed by atoms with Gasteiger partial charge in [0.15, 0.2) is 0 Å². The first-order chi connectivity index (χ1) is 9.78. The summed E-state index contributed by atoms with van der Waals surface area (Å²) in [6, 6.07) is 10.3. The number of nitriles is 1. The Morgan fingerprint density at radius 1 is 1.40 bits per heavy atom. The van der Waals surface area contributed by atoms with Crippen LogP contribution in [-0.2, 0) is 13.0 Å². The molecule has 4 heteroatoms. The van der Waals surface area contributed by atoms with E-state index in [-0.39, 0.29) is 0 Å². The highest BCUT2D eigenvalue weighted by molar-refractivity contribution is 7.10. The van der Waals surface area contributed by atoms with Gasteiger partial charge in [-0.05, 0) is 54.0 Å². The Morgan fingerprint density at radius 3 is 3.10 bits per heavy atom. The first-order valence-electron chi connectivity index (χ1n) is 6.76. The number of aryl methyl sites for hydroxylation is 1. The van der Waals surface area contributed by atoms with Crippen LogP contribution in [-0.4, -0.2) is 0 Å². The fourth-order valence-corrected chi connectivity index (χ4v) is 3.93. The zero-order chi connectivity index (χ0) is 13.9. The van der Waals surface area contributed by atoms with Gasteiger partial charge in [-0.2, -0.15) is 5.26 Å². The number of thiophene rings is 1. The summed E-state index contributed by atoms with van der Waals surface area (Å²) in [5, 5.41) is 15.3. The molecule has 1 heterocycles. The molecule has 20 heavy (non-hydrogen) atoms. The fraction of sp³-hybridized carbons (Fsp3) is 0.312. The average Bonchev–Trinajstić information content (AvgIpc) is 2.95. The largest absolute Gasteiger partial charge is 0.306 e. The topological polar surface area (TPSA) is 35.8 Å². The van der Waals surface area contributed by atoms with Crippen molar-refractivity contribution in [2.75, 3.05) is 0 Å². The van der Waals surface area contributed by atoms with E-state index in [1.54, 1.807) is 6.07 Å². The Labute approximate surface area is 128 Å². The zero-order valence-corrected chi connectivity index (χ0v) is 12.6. The molecule has 0 bridgehead atoms. The summed E-state index contributed by atoms with van der Waals surface area (Å²) in [6.45, 7) is 0.741. The van der Waals surface area contributed by atoms with E-state index >= 15 is 0 Å². The number of nitrogens with one attached hydrogen (secondary N) is 1. The highest BCUT2D eigenvalue weighted by Gasteiger charge is 2.20. The number of hydrogen-bond acceptors (Lipinski definition) is 3. The number of rotatable bonds is 3. The van der Waals surface area contributed by atoms with E-state index in [2.05, 4.69) is 22.8 Å². The van der Waals surface area contributed by atoms with Gasteiger partial charge in [-0.1, -0.05) is 17.7 Å². The molecule has 0 saturated carbocycles. The number of hydrogen-bond donors (Lipinski definition) is 1. The summed E-state index contributed by atoms with van der Waals surface area (Å²) in [7, 11) is 0. The summed E-state index contributed by atoms with van der Waals surface area (Å²) in [5.41, 5.74) is 3.11. The lowest BCUT2D eigenvalue weighted by atomic mass is 9.94. The Kier molecular flexibility index (Phi) is 4.07. The minimum atomic E-state index is 0.428. The predicted molar refractivity (Wildman–Crippen MR) is 83.0 cm³/mol. The third-order valence-corrected chi connectivity index (χ3v) is 5.12. The summed E-state index contributed by atoms with van der Waals surface area (Å²) in [5.74, 6) is 0. The van der Waals surface area contributed by atoms with Gasteiger partial charge in [-0.15, -0.1) is 11.3 Å². The second-order valence-corrected chi connectivity index (χ2v) is 6.45. The van der Waals surface area contributed by atoms with Gasteiger partial charge in [0.05, 0.1) is 11.6 Å². The molecule has 0 amide bonds. The minimum absolute atomic E-state index is 0.428. The third kappa shape index (κ3) is 2.73. The minimum Gasteiger partial charge on any atom is -0.306 e. The quantitative estimate of drug-likeness (QED) is 0.910. The molecule has 1 atom stereocenters. The smallest absolute Gasteiger partial charge is 0.0992 e. The molecule has 2 nitrogen and oxygen atoms in total. The van der Waals surface area contributed by atoms with Crippen molar-refractivity contribution in [2.45, 2.75) is 31.8 Å². The second kappa shape index (κ2) is 5.97. The van der Waals surface area contributed by atoms with Crippen molar-refractivity contribution in [1.29, 1.82) is 5.26 Å². The Hall–Kier alpha value is -1.34. The van der Waals surface area contributed by atoms with E-state index in [9.17, 15) is 0 Å². The van der Waals surface area contributed by atoms with Gasteiger partial charge in [-0.3, -0.25) is 0 Å². The number of halogens is 1. The van der Waals surface area contributed by atoms with Crippen molar-refractivity contribution >= 4 is 22.9 Å². The van der Waals surface area contributed by atoms with E-state index < -0.39 is 0 Å². The molecular formula is C16H15ClN2S. The molecule has 1 aromatic carbocycles. The molecular weight excluding hydrogens is 288 g/mol. The van der Waals surface area contributed by atoms with Gasteiger partial charge < -0.3 is 5.32 Å². The van der Waals surface area contributed by atoms with Crippen molar-refractivity contribution in [3.8, 4) is 6.07 Å². The number of nitrogens with zero attached hydrogens (tertiary/aromatic N) is 1. The van der Waals surface area contributed by atoms with Gasteiger partial charge >= 0.3 is 0 Å². The monoisotopic (exact) mass is 302 g/mol. The van der Waals surface area contributed by atoms with Crippen LogP contribution in [0.25, 0.3) is 0 Å². The van der Waals surface area contributed by atoms with Crippen LogP contribution >= 0.6 is 22.9 Å². The Bertz CT molecular complexity index is 657. The molecule has 0 aliphatic heterocycles. The van der Waals surface area contributed by atoms with Crippen molar-refractivity contribution < 1.29 is 0 Å². The molecule has 1 aliphatic rings. The molecule has 1 N–H and O–H groups in total. The normalized spacial score (nSPS) is 17.5. The molecule has 102 valence electrons. The lowest BCUT2D eigenvalue weighted by Gasteiger charge is -2.24. The van der Waals surface area contributed by atoms with Crippen molar-refractivity contribution in [3.63, 3.8) is 0 Å². The average molecular weight is 303 g/mol. The van der Waals surface area contributed by atoms with Gasteiger partial charge in [0.25, 0.3) is 0 Å². The first kappa shape index (κ1) is 13.6. The maximum atomic E-state index is 8.85. The third-order valence-electron chi connectivity index (χ3n) is 3.77. The number of fused-ring (bicyclic) bond motifs is 1. The summed E-state index contributed by atoms with van der Waals surface area (Å²) < 4.78 is 0. The molecule has 0 fully saturated rings. The van der Waals surface area contributed by atoms with Crippen molar-refractivity contribution in [1.82, 2.24) is 5.32 Å². The van der Waals surface area contributed by atoms with E-state index in [0.717, 1.165) is 12.1 Å². The van der Waals surface area contributed by atoms with Crippen LogP contribution in [0.5, 0.6) is 0 Å². The summed E-state index contributed by atoms with van der Waals surface area (Å²) in [6.07, 6.45) is 3.63. The second-order valence-electron chi connectivity index (χ2n) is 5.04. The van der Waals surface area contributed by atoms with Gasteiger partial charge in [-0.25, -0.2) is 0 Å².